The molecule has 0 bridgehead atoms. The number of allylic oxidation sites excluding steroid dienone is 2. The molecule has 0 amide bonds. The third-order valence-corrected chi connectivity index (χ3v) is 12.2. The minimum absolute atomic E-state index is 1.05. The number of pyridine rings is 3. The van der Waals surface area contributed by atoms with Crippen molar-refractivity contribution in [1.82, 2.24) is 15.0 Å². The van der Waals surface area contributed by atoms with Gasteiger partial charge in [0, 0.05) is 0 Å². The highest BCUT2D eigenvalue weighted by molar-refractivity contribution is 5.87. The van der Waals surface area contributed by atoms with Gasteiger partial charge in [0.2, 0.25) is 0 Å². The lowest BCUT2D eigenvalue weighted by molar-refractivity contribution is 0.734. The fraction of sp³-hybridized carbons (Fsp3) is 0.367. The summed E-state index contributed by atoms with van der Waals surface area (Å²) in [5, 5.41) is 0. The van der Waals surface area contributed by atoms with E-state index < -0.39 is 0 Å². The molecule has 0 unspecified atom stereocenters. The topological polar surface area (TPSA) is 38.7 Å². The zero-order chi connectivity index (χ0) is 35.0. The summed E-state index contributed by atoms with van der Waals surface area (Å²) in [5.74, 6) is 0. The first-order valence-corrected chi connectivity index (χ1v) is 20.3. The van der Waals surface area contributed by atoms with E-state index in [9.17, 15) is 0 Å². The molecule has 0 saturated carbocycles. The molecule has 0 atom stereocenters. The highest BCUT2D eigenvalue weighted by Gasteiger charge is 2.33. The Kier molecular flexibility index (Phi) is 9.21. The highest BCUT2D eigenvalue weighted by atomic mass is 14.9. The molecule has 0 spiro atoms. The fourth-order valence-corrected chi connectivity index (χ4v) is 9.58. The average Bonchev–Trinajstić information content (AvgIpc) is 3.18. The van der Waals surface area contributed by atoms with Gasteiger partial charge in [-0.15, -0.1) is 0 Å². The molecule has 0 aliphatic heterocycles. The molecule has 4 aliphatic carbocycles. The SMILES string of the molecule is CCCCc1c2c(nc3c1CCc1cc4c(nc1-3)-c1nc3c(c(CCCC)c1CC4)CCCC3=Cc1ccccc1)C(=Cc1ccccc1)CCC2. The van der Waals surface area contributed by atoms with Gasteiger partial charge in [0.15, 0.2) is 0 Å². The number of hydrogen-bond acceptors (Lipinski definition) is 3. The summed E-state index contributed by atoms with van der Waals surface area (Å²) in [6.07, 6.45) is 22.9. The van der Waals surface area contributed by atoms with Gasteiger partial charge in [0.1, 0.15) is 0 Å². The van der Waals surface area contributed by atoms with Crippen molar-refractivity contribution in [2.75, 3.05) is 0 Å². The van der Waals surface area contributed by atoms with Gasteiger partial charge in [-0.2, -0.15) is 0 Å². The Morgan fingerprint density at radius 1 is 0.462 bits per heavy atom. The van der Waals surface area contributed by atoms with Crippen LogP contribution in [0.2, 0.25) is 0 Å². The maximum Gasteiger partial charge on any atom is 0.0931 e. The van der Waals surface area contributed by atoms with E-state index in [-0.39, 0.29) is 0 Å². The van der Waals surface area contributed by atoms with Crippen molar-refractivity contribution in [3.63, 3.8) is 0 Å². The minimum Gasteiger partial charge on any atom is -0.246 e. The summed E-state index contributed by atoms with van der Waals surface area (Å²) in [7, 11) is 0. The summed E-state index contributed by atoms with van der Waals surface area (Å²) in [5.41, 5.74) is 24.2. The number of fused-ring (bicyclic) bond motifs is 8. The Balaban J connectivity index is 1.23. The molecule has 5 aromatic rings. The van der Waals surface area contributed by atoms with E-state index in [0.717, 1.165) is 87.0 Å². The van der Waals surface area contributed by atoms with Crippen molar-refractivity contribution in [1.29, 1.82) is 0 Å². The third kappa shape index (κ3) is 6.06. The van der Waals surface area contributed by atoms with Crippen LogP contribution in [0.5, 0.6) is 0 Å². The fourth-order valence-electron chi connectivity index (χ4n) is 9.58. The average molecular weight is 682 g/mol. The number of aromatic nitrogens is 3. The quantitative estimate of drug-likeness (QED) is 0.164. The van der Waals surface area contributed by atoms with Gasteiger partial charge >= 0.3 is 0 Å². The van der Waals surface area contributed by atoms with Crippen LogP contribution >= 0.6 is 0 Å². The maximum atomic E-state index is 5.73. The zero-order valence-electron chi connectivity index (χ0n) is 31.2. The molecular weight excluding hydrogens is 631 g/mol. The monoisotopic (exact) mass is 681 g/mol. The van der Waals surface area contributed by atoms with E-state index in [1.54, 1.807) is 11.1 Å². The lowest BCUT2D eigenvalue weighted by Gasteiger charge is -2.31. The minimum atomic E-state index is 1.05. The van der Waals surface area contributed by atoms with E-state index >= 15 is 0 Å². The Morgan fingerprint density at radius 2 is 0.885 bits per heavy atom. The van der Waals surface area contributed by atoms with Gasteiger partial charge in [-0.1, -0.05) is 93.4 Å². The molecule has 9 rings (SSSR count). The Labute approximate surface area is 310 Å². The van der Waals surface area contributed by atoms with Crippen molar-refractivity contribution in [2.24, 2.45) is 0 Å². The molecule has 0 saturated heterocycles. The summed E-state index contributed by atoms with van der Waals surface area (Å²) < 4.78 is 0. The lowest BCUT2D eigenvalue weighted by Crippen LogP contribution is -2.20. The van der Waals surface area contributed by atoms with Gasteiger partial charge in [-0.25, -0.2) is 15.0 Å². The van der Waals surface area contributed by atoms with Gasteiger partial charge in [-0.05, 0) is 169 Å². The van der Waals surface area contributed by atoms with Crippen LogP contribution in [-0.4, -0.2) is 15.0 Å². The van der Waals surface area contributed by atoms with Crippen LogP contribution in [0.25, 0.3) is 46.1 Å². The normalized spacial score (nSPS) is 17.2. The Morgan fingerprint density at radius 3 is 1.33 bits per heavy atom. The molecule has 3 heteroatoms. The second-order valence-corrected chi connectivity index (χ2v) is 15.6. The van der Waals surface area contributed by atoms with Gasteiger partial charge in [0.25, 0.3) is 0 Å². The maximum absolute atomic E-state index is 5.73. The predicted molar refractivity (Wildman–Crippen MR) is 217 cm³/mol. The van der Waals surface area contributed by atoms with Crippen molar-refractivity contribution >= 4 is 23.3 Å². The van der Waals surface area contributed by atoms with E-state index in [2.05, 4.69) is 92.7 Å². The molecule has 52 heavy (non-hydrogen) atoms. The zero-order valence-corrected chi connectivity index (χ0v) is 31.2. The molecule has 3 nitrogen and oxygen atoms in total. The smallest absolute Gasteiger partial charge is 0.0931 e. The van der Waals surface area contributed by atoms with E-state index in [0.29, 0.717) is 0 Å². The number of hydrogen-bond donors (Lipinski definition) is 0. The van der Waals surface area contributed by atoms with Crippen LogP contribution in [0.4, 0.5) is 0 Å². The third-order valence-electron chi connectivity index (χ3n) is 12.2. The Hall–Kier alpha value is -4.63. The van der Waals surface area contributed by atoms with Crippen molar-refractivity contribution in [3.05, 3.63) is 134 Å². The van der Waals surface area contributed by atoms with Crippen molar-refractivity contribution in [2.45, 2.75) is 117 Å². The van der Waals surface area contributed by atoms with E-state index in [4.69, 9.17) is 15.0 Å². The Bertz CT molecular complexity index is 2050. The molecule has 3 aromatic heterocycles. The highest BCUT2D eigenvalue weighted by Crippen LogP contribution is 2.45. The molecule has 0 radical (unpaired) electrons. The van der Waals surface area contributed by atoms with Crippen molar-refractivity contribution in [3.8, 4) is 22.8 Å². The first-order chi connectivity index (χ1) is 25.7. The first-order valence-electron chi connectivity index (χ1n) is 20.3. The largest absolute Gasteiger partial charge is 0.246 e. The lowest BCUT2D eigenvalue weighted by atomic mass is 9.78. The van der Waals surface area contributed by atoms with Crippen LogP contribution < -0.4 is 0 Å². The van der Waals surface area contributed by atoms with E-state index in [1.165, 1.54) is 106 Å². The number of unbranched alkanes of at least 4 members (excludes halogenated alkanes) is 2. The molecule has 2 aromatic carbocycles. The van der Waals surface area contributed by atoms with Gasteiger partial charge in [-0.3, -0.25) is 0 Å². The summed E-state index contributed by atoms with van der Waals surface area (Å²) in [6.45, 7) is 4.64. The molecule has 0 fully saturated rings. The van der Waals surface area contributed by atoms with Crippen LogP contribution in [0, 0.1) is 0 Å². The van der Waals surface area contributed by atoms with E-state index in [1.807, 2.05) is 0 Å². The van der Waals surface area contributed by atoms with Crippen LogP contribution in [0.1, 0.15) is 132 Å². The number of nitrogens with zero attached hydrogens (tertiary/aromatic N) is 3. The summed E-state index contributed by atoms with van der Waals surface area (Å²) in [4.78, 5) is 17.1. The first kappa shape index (κ1) is 33.2. The summed E-state index contributed by atoms with van der Waals surface area (Å²) >= 11 is 0. The second kappa shape index (κ2) is 14.4. The van der Waals surface area contributed by atoms with Crippen LogP contribution in [0.3, 0.4) is 0 Å². The molecule has 4 aliphatic rings. The molecule has 0 N–H and O–H groups in total. The van der Waals surface area contributed by atoms with Crippen LogP contribution in [-0.2, 0) is 51.4 Å². The predicted octanol–water partition coefficient (Wildman–Crippen LogP) is 11.8. The van der Waals surface area contributed by atoms with Gasteiger partial charge in [0.05, 0.1) is 34.2 Å². The second-order valence-electron chi connectivity index (χ2n) is 15.6. The summed E-state index contributed by atoms with van der Waals surface area (Å²) in [6, 6.07) is 24.2. The number of rotatable bonds is 8. The molecule has 262 valence electrons. The number of benzene rings is 2. The standard InChI is InChI=1S/C49H51N3/c1-3-5-21-38-40-23-13-19-34(29-32-15-9-7-10-16-32)44(40)50-48-42(38)27-25-36-31-37-26-28-43-39(22-6-4-2)41-24-14-20-35(30-33-17-11-8-12-18-33)45(41)51-49(43)47(37)52-46(36)48/h7-12,15-18,29-31H,3-6,13-14,19-28H2,1-2H3. The van der Waals surface area contributed by atoms with Gasteiger partial charge < -0.3 is 0 Å². The van der Waals surface area contributed by atoms with Crippen LogP contribution in [0.15, 0.2) is 66.7 Å². The molecule has 3 heterocycles. The van der Waals surface area contributed by atoms with Crippen molar-refractivity contribution < 1.29 is 0 Å². The number of aryl methyl sites for hydroxylation is 2. The molecular formula is C49H51N3.